The Bertz CT molecular complexity index is 2040. The smallest absolute Gasteiger partial charge is 0.0412 e. The molecule has 244 valence electrons. The molecular weight excluding hydrogens is 600 g/mol. The fourth-order valence-corrected chi connectivity index (χ4v) is 12.5. The fraction of sp³-hybridized carbons (Fsp3) is 0.362. The minimum absolute atomic E-state index is 0.104. The molecule has 0 aliphatic heterocycles. The van der Waals surface area contributed by atoms with Crippen molar-refractivity contribution >= 4 is 17.2 Å². The minimum Gasteiger partial charge on any atom is -0.0843 e. The quantitative estimate of drug-likeness (QED) is 0.290. The summed E-state index contributed by atoms with van der Waals surface area (Å²) in [4.78, 5) is 0. The van der Waals surface area contributed by atoms with Crippen LogP contribution in [-0.4, -0.2) is 0 Å². The van der Waals surface area contributed by atoms with E-state index in [1.807, 2.05) is 6.07 Å². The van der Waals surface area contributed by atoms with Gasteiger partial charge in [-0.1, -0.05) is 187 Å². The first kappa shape index (κ1) is 31.6. The minimum atomic E-state index is -0.189. The van der Waals surface area contributed by atoms with Crippen molar-refractivity contribution in [2.75, 3.05) is 0 Å². The van der Waals surface area contributed by atoms with E-state index in [4.69, 9.17) is 11.6 Å². The van der Waals surface area contributed by atoms with Crippen molar-refractivity contribution in [3.8, 4) is 0 Å². The third-order valence-electron chi connectivity index (χ3n) is 15.8. The summed E-state index contributed by atoms with van der Waals surface area (Å²) in [7, 11) is 0. The molecule has 0 aromatic heterocycles. The summed E-state index contributed by atoms with van der Waals surface area (Å²) in [5.74, 6) is 0. The molecule has 0 spiro atoms. The van der Waals surface area contributed by atoms with Gasteiger partial charge in [-0.3, -0.25) is 0 Å². The number of hydrogen-bond donors (Lipinski definition) is 0. The number of fused-ring (bicyclic) bond motifs is 8. The zero-order valence-corrected chi connectivity index (χ0v) is 30.7. The van der Waals surface area contributed by atoms with E-state index in [2.05, 4.69) is 177 Å². The molecule has 48 heavy (non-hydrogen) atoms. The van der Waals surface area contributed by atoms with E-state index in [1.54, 1.807) is 5.57 Å². The van der Waals surface area contributed by atoms with Crippen LogP contribution in [0.3, 0.4) is 0 Å². The second kappa shape index (κ2) is 9.98. The van der Waals surface area contributed by atoms with Crippen molar-refractivity contribution in [2.24, 2.45) is 37.9 Å². The highest BCUT2D eigenvalue weighted by atomic mass is 35.5. The van der Waals surface area contributed by atoms with E-state index in [-0.39, 0.29) is 37.9 Å². The van der Waals surface area contributed by atoms with Crippen molar-refractivity contribution in [3.05, 3.63) is 172 Å². The van der Waals surface area contributed by atoms with Gasteiger partial charge in [0.05, 0.1) is 0 Å². The third kappa shape index (κ3) is 3.34. The van der Waals surface area contributed by atoms with Gasteiger partial charge in [0.2, 0.25) is 0 Å². The van der Waals surface area contributed by atoms with Gasteiger partial charge in [0.1, 0.15) is 0 Å². The Morgan fingerprint density at radius 2 is 1.23 bits per heavy atom. The van der Waals surface area contributed by atoms with Gasteiger partial charge >= 0.3 is 0 Å². The predicted octanol–water partition coefficient (Wildman–Crippen LogP) is 13.0. The van der Waals surface area contributed by atoms with Gasteiger partial charge in [0.15, 0.2) is 0 Å². The molecule has 0 saturated heterocycles. The van der Waals surface area contributed by atoms with Crippen LogP contribution in [0.25, 0.3) is 5.57 Å². The Hall–Kier alpha value is -3.61. The number of rotatable bonds is 3. The Labute approximate surface area is 293 Å². The van der Waals surface area contributed by atoms with Crippen LogP contribution in [0.2, 0.25) is 5.02 Å². The fourth-order valence-electron chi connectivity index (χ4n) is 12.4. The number of hydrogen-bond acceptors (Lipinski definition) is 0. The van der Waals surface area contributed by atoms with E-state index >= 15 is 0 Å². The maximum absolute atomic E-state index is 6.73. The first-order chi connectivity index (χ1) is 22.7. The van der Waals surface area contributed by atoms with Crippen LogP contribution in [0.1, 0.15) is 79.4 Å². The molecule has 6 aliphatic rings. The highest BCUT2D eigenvalue weighted by molar-refractivity contribution is 6.30. The first-order valence-electron chi connectivity index (χ1n) is 17.8. The topological polar surface area (TPSA) is 0 Å². The van der Waals surface area contributed by atoms with Crippen molar-refractivity contribution < 1.29 is 0 Å². The average Bonchev–Trinajstić information content (AvgIpc) is 3.66. The SMILES string of the molecule is CC1=C(C2=CC=CC2)/C(=C(/c2ccccc2)c2cccc(Cl)c2)CC2=CC3(C)C4(C)C=CC=CC4(C)C4(C)C=CC=CC4(C)C3(C)C21C. The zero-order chi connectivity index (χ0) is 34.0. The second-order valence-corrected chi connectivity index (χ2v) is 17.0. The van der Waals surface area contributed by atoms with E-state index < -0.39 is 0 Å². The Balaban J connectivity index is 1.51. The molecule has 0 N–H and O–H groups in total. The largest absolute Gasteiger partial charge is 0.0843 e. The van der Waals surface area contributed by atoms with Crippen LogP contribution in [-0.2, 0) is 0 Å². The van der Waals surface area contributed by atoms with Crippen molar-refractivity contribution in [3.63, 3.8) is 0 Å². The lowest BCUT2D eigenvalue weighted by Gasteiger charge is -2.79. The molecule has 8 rings (SSSR count). The molecule has 0 amide bonds. The molecular formula is C47H49Cl. The number of allylic oxidation sites excluding steroid dienone is 17. The molecule has 0 nitrogen and oxygen atoms in total. The molecule has 6 aliphatic carbocycles. The van der Waals surface area contributed by atoms with Crippen molar-refractivity contribution in [2.45, 2.75) is 68.2 Å². The molecule has 1 fully saturated rings. The molecule has 0 heterocycles. The van der Waals surface area contributed by atoms with Crippen molar-refractivity contribution in [1.29, 1.82) is 0 Å². The molecule has 0 radical (unpaired) electrons. The highest BCUT2D eigenvalue weighted by Gasteiger charge is 2.83. The molecule has 2 aromatic rings. The highest BCUT2D eigenvalue weighted by Crippen LogP contribution is 2.88. The summed E-state index contributed by atoms with van der Waals surface area (Å²) in [6, 6.07) is 19.5. The van der Waals surface area contributed by atoms with Gasteiger partial charge in [0.25, 0.3) is 0 Å². The molecule has 0 bridgehead atoms. The maximum atomic E-state index is 6.73. The van der Waals surface area contributed by atoms with Crippen LogP contribution in [0, 0.1) is 37.9 Å². The molecule has 1 saturated carbocycles. The normalized spacial score (nSPS) is 41.4. The summed E-state index contributed by atoms with van der Waals surface area (Å²) in [5.41, 5.74) is 10.1. The van der Waals surface area contributed by atoms with Gasteiger partial charge in [-0.15, -0.1) is 0 Å². The van der Waals surface area contributed by atoms with Crippen LogP contribution in [0.4, 0.5) is 0 Å². The van der Waals surface area contributed by atoms with Crippen LogP contribution in [0.15, 0.2) is 155 Å². The lowest BCUT2D eigenvalue weighted by atomic mass is 9.23. The summed E-state index contributed by atoms with van der Waals surface area (Å²) in [6.07, 6.45) is 31.2. The zero-order valence-electron chi connectivity index (χ0n) is 29.9. The first-order valence-corrected chi connectivity index (χ1v) is 18.2. The van der Waals surface area contributed by atoms with E-state index in [0.717, 1.165) is 17.9 Å². The van der Waals surface area contributed by atoms with Crippen LogP contribution < -0.4 is 0 Å². The molecule has 2 aromatic carbocycles. The maximum Gasteiger partial charge on any atom is 0.0412 e. The second-order valence-electron chi connectivity index (χ2n) is 16.6. The average molecular weight is 649 g/mol. The Morgan fingerprint density at radius 3 is 1.83 bits per heavy atom. The van der Waals surface area contributed by atoms with Gasteiger partial charge < -0.3 is 0 Å². The van der Waals surface area contributed by atoms with Crippen LogP contribution in [0.5, 0.6) is 0 Å². The summed E-state index contributed by atoms with van der Waals surface area (Å²) in [6.45, 7) is 20.7. The standard InChI is InChI=1S/C47H49Cl/c1-32-39(33-21-12-13-22-33)38(40(34-19-10-9-11-20-34)35-23-18-24-37(48)29-35)30-36-31-45(6)43(4)27-15-14-25-41(43,2)42(3)26-16-17-28-44(42,5)47(45,8)46(32,36)7/h9-21,23-29,31H,22,30H2,1-8H3/b40-38-. The molecule has 1 heteroatoms. The van der Waals surface area contributed by atoms with Gasteiger partial charge in [-0.25, -0.2) is 0 Å². The monoisotopic (exact) mass is 648 g/mol. The summed E-state index contributed by atoms with van der Waals surface area (Å²) in [5, 5.41) is 0.769. The van der Waals surface area contributed by atoms with E-state index in [0.29, 0.717) is 0 Å². The van der Waals surface area contributed by atoms with Crippen molar-refractivity contribution in [1.82, 2.24) is 0 Å². The Kier molecular flexibility index (Phi) is 6.58. The van der Waals surface area contributed by atoms with Gasteiger partial charge in [-0.2, -0.15) is 0 Å². The molecule has 7 atom stereocenters. The predicted molar refractivity (Wildman–Crippen MR) is 204 cm³/mol. The van der Waals surface area contributed by atoms with E-state index in [1.165, 1.54) is 39.0 Å². The Morgan fingerprint density at radius 1 is 0.646 bits per heavy atom. The molecule has 7 unspecified atom stereocenters. The number of benzene rings is 2. The summed E-state index contributed by atoms with van der Waals surface area (Å²) >= 11 is 6.73. The summed E-state index contributed by atoms with van der Waals surface area (Å²) < 4.78 is 0. The third-order valence-corrected chi connectivity index (χ3v) is 16.0. The number of halogens is 1. The van der Waals surface area contributed by atoms with Gasteiger partial charge in [0, 0.05) is 37.5 Å². The lowest BCUT2D eigenvalue weighted by Crippen LogP contribution is -2.75. The van der Waals surface area contributed by atoms with Gasteiger partial charge in [-0.05, 0) is 70.7 Å². The van der Waals surface area contributed by atoms with E-state index in [9.17, 15) is 0 Å². The van der Waals surface area contributed by atoms with Crippen LogP contribution >= 0.6 is 11.6 Å². The lowest BCUT2D eigenvalue weighted by molar-refractivity contribution is -0.253.